The van der Waals surface area contributed by atoms with Gasteiger partial charge in [0.2, 0.25) is 0 Å². The van der Waals surface area contributed by atoms with Gasteiger partial charge in [-0.2, -0.15) is 0 Å². The Morgan fingerprint density at radius 3 is 2.62 bits per heavy atom. The minimum atomic E-state index is 1.02. The van der Waals surface area contributed by atoms with Crippen LogP contribution in [0.5, 0.6) is 0 Å². The molecule has 0 spiro atoms. The molecule has 1 saturated carbocycles. The first kappa shape index (κ1) is 10.6. The molecule has 1 aliphatic rings. The molecule has 0 aliphatic heterocycles. The fourth-order valence-electron chi connectivity index (χ4n) is 2.11. The molecular weight excluding hydrogens is 156 g/mol. The Kier molecular flexibility index (Phi) is 4.88. The van der Waals surface area contributed by atoms with Gasteiger partial charge in [-0.1, -0.05) is 56.4 Å². The van der Waals surface area contributed by atoms with Crippen LogP contribution in [0.15, 0.2) is 24.3 Å². The van der Waals surface area contributed by atoms with E-state index in [9.17, 15) is 0 Å². The van der Waals surface area contributed by atoms with E-state index < -0.39 is 0 Å². The average Bonchev–Trinajstić information content (AvgIpc) is 2.19. The predicted octanol–water partition coefficient (Wildman–Crippen LogP) is 4.48. The Balaban J connectivity index is 2.14. The van der Waals surface area contributed by atoms with E-state index in [0.29, 0.717) is 0 Å². The molecule has 0 aromatic carbocycles. The summed E-state index contributed by atoms with van der Waals surface area (Å²) in [5, 5.41) is 0. The van der Waals surface area contributed by atoms with Gasteiger partial charge < -0.3 is 0 Å². The van der Waals surface area contributed by atoms with Gasteiger partial charge in [-0.25, -0.2) is 0 Å². The van der Waals surface area contributed by atoms with Crippen LogP contribution in [0, 0.1) is 5.92 Å². The summed E-state index contributed by atoms with van der Waals surface area (Å²) >= 11 is 0. The van der Waals surface area contributed by atoms with Gasteiger partial charge in [0.1, 0.15) is 0 Å². The van der Waals surface area contributed by atoms with Crippen LogP contribution in [0.1, 0.15) is 51.9 Å². The van der Waals surface area contributed by atoms with E-state index in [2.05, 4.69) is 19.6 Å². The van der Waals surface area contributed by atoms with E-state index in [1.165, 1.54) is 50.5 Å². The van der Waals surface area contributed by atoms with Crippen LogP contribution in [0.25, 0.3) is 0 Å². The topological polar surface area (TPSA) is 0 Å². The monoisotopic (exact) mass is 178 g/mol. The van der Waals surface area contributed by atoms with Gasteiger partial charge in [0.05, 0.1) is 0 Å². The van der Waals surface area contributed by atoms with Crippen molar-refractivity contribution in [3.63, 3.8) is 0 Å². The van der Waals surface area contributed by atoms with Crippen LogP contribution in [0.3, 0.4) is 0 Å². The highest BCUT2D eigenvalue weighted by Crippen LogP contribution is 2.27. The first-order valence-electron chi connectivity index (χ1n) is 5.62. The predicted molar refractivity (Wildman–Crippen MR) is 59.8 cm³/mol. The molecule has 0 N–H and O–H groups in total. The van der Waals surface area contributed by atoms with Crippen molar-refractivity contribution in [2.24, 2.45) is 5.92 Å². The second kappa shape index (κ2) is 6.01. The average molecular weight is 178 g/mol. The molecule has 0 nitrogen and oxygen atoms in total. The molecule has 0 aromatic heterocycles. The molecule has 0 amide bonds. The largest absolute Gasteiger partial charge is 0.0988 e. The SMILES string of the molecule is C=C/C(C)=C/CCC1CCCCC1. The summed E-state index contributed by atoms with van der Waals surface area (Å²) in [6.07, 6.45) is 14.3. The lowest BCUT2D eigenvalue weighted by molar-refractivity contribution is 0.341. The summed E-state index contributed by atoms with van der Waals surface area (Å²) in [5.74, 6) is 1.02. The van der Waals surface area contributed by atoms with Gasteiger partial charge in [-0.3, -0.25) is 0 Å². The molecule has 74 valence electrons. The van der Waals surface area contributed by atoms with Crippen LogP contribution in [-0.4, -0.2) is 0 Å². The normalized spacial score (nSPS) is 20.2. The number of rotatable bonds is 4. The third kappa shape index (κ3) is 4.31. The maximum absolute atomic E-state index is 3.76. The lowest BCUT2D eigenvalue weighted by atomic mass is 9.86. The highest BCUT2D eigenvalue weighted by atomic mass is 14.2. The molecule has 1 fully saturated rings. The van der Waals surface area contributed by atoms with Crippen molar-refractivity contribution >= 4 is 0 Å². The summed E-state index contributed by atoms with van der Waals surface area (Å²) in [6.45, 7) is 5.89. The van der Waals surface area contributed by atoms with Gasteiger partial charge >= 0.3 is 0 Å². The molecule has 0 atom stereocenters. The van der Waals surface area contributed by atoms with E-state index in [-0.39, 0.29) is 0 Å². The Hall–Kier alpha value is -0.520. The standard InChI is InChI=1S/C13H22/c1-3-12(2)8-7-11-13-9-5-4-6-10-13/h3,8,13H,1,4-7,9-11H2,2H3/b12-8+. The highest BCUT2D eigenvalue weighted by Gasteiger charge is 2.11. The smallest absolute Gasteiger partial charge is 0.0342 e. The Bertz CT molecular complexity index is 170. The van der Waals surface area contributed by atoms with Crippen molar-refractivity contribution in [3.05, 3.63) is 24.3 Å². The quantitative estimate of drug-likeness (QED) is 0.557. The maximum Gasteiger partial charge on any atom is -0.0342 e. The van der Waals surface area contributed by atoms with E-state index in [4.69, 9.17) is 0 Å². The van der Waals surface area contributed by atoms with Gasteiger partial charge in [0, 0.05) is 0 Å². The number of allylic oxidation sites excluding steroid dienone is 3. The van der Waals surface area contributed by atoms with Crippen LogP contribution < -0.4 is 0 Å². The Labute approximate surface area is 82.7 Å². The molecule has 0 saturated heterocycles. The highest BCUT2D eigenvalue weighted by molar-refractivity contribution is 5.12. The van der Waals surface area contributed by atoms with Crippen LogP contribution in [0.4, 0.5) is 0 Å². The fraction of sp³-hybridized carbons (Fsp3) is 0.692. The zero-order chi connectivity index (χ0) is 9.52. The zero-order valence-corrected chi connectivity index (χ0v) is 8.89. The molecule has 0 aromatic rings. The summed E-state index contributed by atoms with van der Waals surface area (Å²) in [6, 6.07) is 0. The maximum atomic E-state index is 3.76. The minimum Gasteiger partial charge on any atom is -0.0988 e. The molecule has 0 radical (unpaired) electrons. The second-order valence-corrected chi connectivity index (χ2v) is 4.23. The van der Waals surface area contributed by atoms with Gasteiger partial charge in [-0.15, -0.1) is 0 Å². The van der Waals surface area contributed by atoms with Crippen molar-refractivity contribution in [1.29, 1.82) is 0 Å². The van der Waals surface area contributed by atoms with E-state index in [1.54, 1.807) is 0 Å². The molecule has 0 heterocycles. The van der Waals surface area contributed by atoms with E-state index >= 15 is 0 Å². The van der Waals surface area contributed by atoms with Crippen LogP contribution in [-0.2, 0) is 0 Å². The molecule has 1 rings (SSSR count). The third-order valence-corrected chi connectivity index (χ3v) is 3.09. The van der Waals surface area contributed by atoms with Gasteiger partial charge in [0.15, 0.2) is 0 Å². The molecule has 1 aliphatic carbocycles. The van der Waals surface area contributed by atoms with Crippen molar-refractivity contribution in [2.75, 3.05) is 0 Å². The Morgan fingerprint density at radius 2 is 2.00 bits per heavy atom. The molecule has 0 unspecified atom stereocenters. The summed E-state index contributed by atoms with van der Waals surface area (Å²) in [5.41, 5.74) is 1.33. The lowest BCUT2D eigenvalue weighted by Crippen LogP contribution is -2.05. The van der Waals surface area contributed by atoms with Crippen molar-refractivity contribution in [2.45, 2.75) is 51.9 Å². The lowest BCUT2D eigenvalue weighted by Gasteiger charge is -2.20. The fourth-order valence-corrected chi connectivity index (χ4v) is 2.11. The molecule has 0 bridgehead atoms. The minimum absolute atomic E-state index is 1.02. The summed E-state index contributed by atoms with van der Waals surface area (Å²) in [4.78, 5) is 0. The first-order chi connectivity index (χ1) is 6.33. The van der Waals surface area contributed by atoms with E-state index in [0.717, 1.165) is 5.92 Å². The van der Waals surface area contributed by atoms with E-state index in [1.807, 2.05) is 6.08 Å². The third-order valence-electron chi connectivity index (χ3n) is 3.09. The van der Waals surface area contributed by atoms with Gasteiger partial charge in [0.25, 0.3) is 0 Å². The molecule has 0 heteroatoms. The first-order valence-corrected chi connectivity index (χ1v) is 5.62. The second-order valence-electron chi connectivity index (χ2n) is 4.23. The summed E-state index contributed by atoms with van der Waals surface area (Å²) < 4.78 is 0. The van der Waals surface area contributed by atoms with Crippen molar-refractivity contribution in [1.82, 2.24) is 0 Å². The van der Waals surface area contributed by atoms with Crippen LogP contribution in [0.2, 0.25) is 0 Å². The Morgan fingerprint density at radius 1 is 1.31 bits per heavy atom. The number of hydrogen-bond donors (Lipinski definition) is 0. The van der Waals surface area contributed by atoms with Gasteiger partial charge in [-0.05, 0) is 25.7 Å². The van der Waals surface area contributed by atoms with Crippen molar-refractivity contribution < 1.29 is 0 Å². The van der Waals surface area contributed by atoms with Crippen LogP contribution >= 0.6 is 0 Å². The zero-order valence-electron chi connectivity index (χ0n) is 8.89. The summed E-state index contributed by atoms with van der Waals surface area (Å²) in [7, 11) is 0. The number of hydrogen-bond acceptors (Lipinski definition) is 0. The molecule has 13 heavy (non-hydrogen) atoms. The molecular formula is C13H22. The van der Waals surface area contributed by atoms with Crippen molar-refractivity contribution in [3.8, 4) is 0 Å².